The van der Waals surface area contributed by atoms with E-state index in [1.807, 2.05) is 30.6 Å². The maximum absolute atomic E-state index is 8.44. The molecule has 1 N–H and O–H groups in total. The van der Waals surface area contributed by atoms with E-state index in [1.165, 1.54) is 0 Å². The van der Waals surface area contributed by atoms with Crippen molar-refractivity contribution in [1.82, 2.24) is 14.9 Å². The molecule has 4 nitrogen and oxygen atoms in total. The van der Waals surface area contributed by atoms with Crippen LogP contribution in [0.5, 0.6) is 0 Å². The van der Waals surface area contributed by atoms with Crippen LogP contribution in [0.1, 0.15) is 6.42 Å². The summed E-state index contributed by atoms with van der Waals surface area (Å²) in [5.41, 5.74) is 1.12. The monoisotopic (exact) mass is 240 g/mol. The minimum Gasteiger partial charge on any atom is -0.330 e. The average Bonchev–Trinajstić information content (AvgIpc) is 2.88. The molecule has 92 valence electrons. The Hall–Kier alpha value is -2.12. The van der Waals surface area contributed by atoms with Crippen LogP contribution in [0.25, 0.3) is 11.4 Å². The first-order chi connectivity index (χ1) is 8.92. The smallest absolute Gasteiger partial charge is 0.139 e. The normalized spacial score (nSPS) is 10.2. The van der Waals surface area contributed by atoms with E-state index in [2.05, 4.69) is 33.1 Å². The van der Waals surface area contributed by atoms with Gasteiger partial charge in [-0.2, -0.15) is 5.26 Å². The van der Waals surface area contributed by atoms with Gasteiger partial charge in [0.2, 0.25) is 0 Å². The van der Waals surface area contributed by atoms with Crippen molar-refractivity contribution in [2.24, 2.45) is 0 Å². The van der Waals surface area contributed by atoms with Gasteiger partial charge in [-0.15, -0.1) is 0 Å². The predicted molar refractivity (Wildman–Crippen MR) is 70.8 cm³/mol. The molecule has 4 heteroatoms. The van der Waals surface area contributed by atoms with Crippen LogP contribution in [0, 0.1) is 11.3 Å². The number of benzene rings is 1. The molecule has 0 aliphatic heterocycles. The second-order valence-corrected chi connectivity index (χ2v) is 3.97. The summed E-state index contributed by atoms with van der Waals surface area (Å²) in [6, 6.07) is 12.3. The third-order valence-electron chi connectivity index (χ3n) is 2.69. The fraction of sp³-hybridized carbons (Fsp3) is 0.286. The molecule has 0 saturated carbocycles. The fourth-order valence-corrected chi connectivity index (χ4v) is 1.81. The highest BCUT2D eigenvalue weighted by Gasteiger charge is 2.04. The van der Waals surface area contributed by atoms with Crippen molar-refractivity contribution in [2.45, 2.75) is 13.0 Å². The van der Waals surface area contributed by atoms with E-state index < -0.39 is 0 Å². The Labute approximate surface area is 107 Å². The molecule has 0 atom stereocenters. The summed E-state index contributed by atoms with van der Waals surface area (Å²) in [5, 5.41) is 11.7. The van der Waals surface area contributed by atoms with Crippen molar-refractivity contribution < 1.29 is 0 Å². The second kappa shape index (κ2) is 6.58. The number of imidazole rings is 1. The molecule has 0 aliphatic rings. The van der Waals surface area contributed by atoms with Crippen molar-refractivity contribution >= 4 is 0 Å². The van der Waals surface area contributed by atoms with Gasteiger partial charge in [-0.25, -0.2) is 4.98 Å². The van der Waals surface area contributed by atoms with Crippen LogP contribution in [0.3, 0.4) is 0 Å². The zero-order valence-corrected chi connectivity index (χ0v) is 10.2. The van der Waals surface area contributed by atoms with Crippen LogP contribution in [0.4, 0.5) is 0 Å². The van der Waals surface area contributed by atoms with Gasteiger partial charge in [0.15, 0.2) is 0 Å². The van der Waals surface area contributed by atoms with E-state index in [4.69, 9.17) is 5.26 Å². The van der Waals surface area contributed by atoms with Crippen molar-refractivity contribution in [2.75, 3.05) is 13.1 Å². The first-order valence-corrected chi connectivity index (χ1v) is 6.06. The lowest BCUT2D eigenvalue weighted by atomic mass is 10.2. The standard InChI is InChI=1S/C14H16N4/c15-7-4-8-16-9-11-18-12-10-17-14(18)13-5-2-1-3-6-13/h1-3,5-6,10,12,16H,4,8-9,11H2. The Balaban J connectivity index is 1.95. The predicted octanol–water partition coefficient (Wildman–Crippen LogP) is 2.05. The van der Waals surface area contributed by atoms with Gasteiger partial charge in [0.1, 0.15) is 5.82 Å². The Morgan fingerprint density at radius 1 is 1.22 bits per heavy atom. The molecule has 0 unspecified atom stereocenters. The van der Waals surface area contributed by atoms with Crippen LogP contribution < -0.4 is 5.32 Å². The lowest BCUT2D eigenvalue weighted by Gasteiger charge is -2.08. The molecule has 2 rings (SSSR count). The number of nitriles is 1. The van der Waals surface area contributed by atoms with Crippen molar-refractivity contribution in [1.29, 1.82) is 5.26 Å². The van der Waals surface area contributed by atoms with Crippen LogP contribution in [-0.4, -0.2) is 22.6 Å². The molecule has 18 heavy (non-hydrogen) atoms. The minimum absolute atomic E-state index is 0.551. The van der Waals surface area contributed by atoms with Crippen LogP contribution in [0.15, 0.2) is 42.7 Å². The summed E-state index contributed by atoms with van der Waals surface area (Å²) in [6.45, 7) is 2.44. The van der Waals surface area contributed by atoms with Crippen molar-refractivity contribution in [3.63, 3.8) is 0 Å². The summed E-state index contributed by atoms with van der Waals surface area (Å²) in [4.78, 5) is 4.38. The molecule has 0 aliphatic carbocycles. The Bertz CT molecular complexity index is 510. The maximum atomic E-state index is 8.44. The van der Waals surface area contributed by atoms with Crippen molar-refractivity contribution in [3.05, 3.63) is 42.7 Å². The summed E-state index contributed by atoms with van der Waals surface area (Å²) >= 11 is 0. The number of aromatic nitrogens is 2. The highest BCUT2D eigenvalue weighted by Crippen LogP contribution is 2.16. The van der Waals surface area contributed by atoms with Gasteiger partial charge in [0.25, 0.3) is 0 Å². The Kier molecular flexibility index (Phi) is 4.51. The largest absolute Gasteiger partial charge is 0.330 e. The van der Waals surface area contributed by atoms with Gasteiger partial charge >= 0.3 is 0 Å². The molecule has 1 aromatic heterocycles. The minimum atomic E-state index is 0.551. The quantitative estimate of drug-likeness (QED) is 0.786. The van der Waals surface area contributed by atoms with Crippen LogP contribution in [-0.2, 0) is 6.54 Å². The van der Waals surface area contributed by atoms with Gasteiger partial charge in [-0.3, -0.25) is 0 Å². The first kappa shape index (κ1) is 12.3. The summed E-state index contributed by atoms with van der Waals surface area (Å²) in [7, 11) is 0. The van der Waals surface area contributed by atoms with E-state index in [0.29, 0.717) is 6.42 Å². The second-order valence-electron chi connectivity index (χ2n) is 3.97. The van der Waals surface area contributed by atoms with E-state index in [-0.39, 0.29) is 0 Å². The Morgan fingerprint density at radius 2 is 2.06 bits per heavy atom. The molecule has 0 bridgehead atoms. The van der Waals surface area contributed by atoms with Gasteiger partial charge in [0, 0.05) is 44.0 Å². The molecule has 2 aromatic rings. The molecule has 1 aromatic carbocycles. The third kappa shape index (κ3) is 3.19. The van der Waals surface area contributed by atoms with E-state index in [0.717, 1.165) is 31.0 Å². The Morgan fingerprint density at radius 3 is 2.83 bits per heavy atom. The zero-order valence-electron chi connectivity index (χ0n) is 10.2. The lowest BCUT2D eigenvalue weighted by Crippen LogP contribution is -2.20. The third-order valence-corrected chi connectivity index (χ3v) is 2.69. The van der Waals surface area contributed by atoms with Gasteiger partial charge in [-0.05, 0) is 0 Å². The van der Waals surface area contributed by atoms with E-state index in [9.17, 15) is 0 Å². The van der Waals surface area contributed by atoms with Gasteiger partial charge in [0.05, 0.1) is 6.07 Å². The van der Waals surface area contributed by atoms with Crippen LogP contribution in [0.2, 0.25) is 0 Å². The summed E-state index contributed by atoms with van der Waals surface area (Å²) < 4.78 is 2.12. The molecule has 0 amide bonds. The average molecular weight is 240 g/mol. The topological polar surface area (TPSA) is 53.6 Å². The molecule has 0 fully saturated rings. The molecule has 0 radical (unpaired) electrons. The van der Waals surface area contributed by atoms with Gasteiger partial charge in [-0.1, -0.05) is 30.3 Å². The molecular weight excluding hydrogens is 224 g/mol. The fourth-order valence-electron chi connectivity index (χ4n) is 1.81. The number of nitrogens with one attached hydrogen (secondary N) is 1. The van der Waals surface area contributed by atoms with E-state index >= 15 is 0 Å². The van der Waals surface area contributed by atoms with Gasteiger partial charge < -0.3 is 9.88 Å². The number of hydrogen-bond acceptors (Lipinski definition) is 3. The molecule has 0 saturated heterocycles. The lowest BCUT2D eigenvalue weighted by molar-refractivity contribution is 0.606. The zero-order chi connectivity index (χ0) is 12.6. The number of hydrogen-bond donors (Lipinski definition) is 1. The number of rotatable bonds is 6. The summed E-state index contributed by atoms with van der Waals surface area (Å²) in [6.07, 6.45) is 4.35. The highest BCUT2D eigenvalue weighted by molar-refractivity contribution is 5.55. The van der Waals surface area contributed by atoms with Crippen LogP contribution >= 0.6 is 0 Å². The molecule has 1 heterocycles. The van der Waals surface area contributed by atoms with E-state index in [1.54, 1.807) is 0 Å². The number of nitrogens with zero attached hydrogens (tertiary/aromatic N) is 3. The summed E-state index contributed by atoms with van der Waals surface area (Å²) in [5.74, 6) is 0.984. The molecule has 0 spiro atoms. The maximum Gasteiger partial charge on any atom is 0.139 e. The highest BCUT2D eigenvalue weighted by atomic mass is 15.1. The molecular formula is C14H16N4. The SMILES string of the molecule is N#CCCNCCn1ccnc1-c1ccccc1. The first-order valence-electron chi connectivity index (χ1n) is 6.06. The van der Waals surface area contributed by atoms with Crippen molar-refractivity contribution in [3.8, 4) is 17.5 Å².